The molecule has 7 nitrogen and oxygen atoms in total. The molecule has 2 aromatic heterocycles. The van der Waals surface area contributed by atoms with E-state index in [0.717, 1.165) is 18.5 Å². The molecule has 1 unspecified atom stereocenters. The van der Waals surface area contributed by atoms with Gasteiger partial charge < -0.3 is 10.6 Å². The lowest BCUT2D eigenvalue weighted by atomic mass is 9.85. The fourth-order valence-corrected chi connectivity index (χ4v) is 5.38. The van der Waals surface area contributed by atoms with Crippen LogP contribution in [0.1, 0.15) is 52.4 Å². The molecule has 174 valence electrons. The van der Waals surface area contributed by atoms with Gasteiger partial charge in [0.25, 0.3) is 5.91 Å². The minimum Gasteiger partial charge on any atom is -0.347 e. The molecule has 0 bridgehead atoms. The number of benzene rings is 1. The maximum atomic E-state index is 13.2. The number of carbonyl (C=O) groups excluding carboxylic acids is 1. The molecule has 1 saturated heterocycles. The molecular formula is C23H26Cl2N6OS. The van der Waals surface area contributed by atoms with Crippen molar-refractivity contribution in [3.05, 3.63) is 70.0 Å². The molecule has 0 aliphatic carbocycles. The predicted molar refractivity (Wildman–Crippen MR) is 135 cm³/mol. The second-order valence-electron chi connectivity index (χ2n) is 7.87. The van der Waals surface area contributed by atoms with Gasteiger partial charge in [-0.3, -0.25) is 10.2 Å². The van der Waals surface area contributed by atoms with Crippen LogP contribution in [0.4, 0.5) is 0 Å². The third-order valence-electron chi connectivity index (χ3n) is 5.65. The first-order valence-electron chi connectivity index (χ1n) is 10.8. The van der Waals surface area contributed by atoms with E-state index in [1.54, 1.807) is 12.3 Å². The number of halogens is 2. The molecule has 0 radical (unpaired) electrons. The molecule has 33 heavy (non-hydrogen) atoms. The molecule has 1 aliphatic rings. The van der Waals surface area contributed by atoms with Crippen LogP contribution in [0.25, 0.3) is 10.7 Å². The number of aromatic nitrogens is 3. The highest BCUT2D eigenvalue weighted by Crippen LogP contribution is 2.35. The van der Waals surface area contributed by atoms with Gasteiger partial charge in [-0.1, -0.05) is 41.9 Å². The fraction of sp³-hybridized carbons (Fsp3) is 0.348. The van der Waals surface area contributed by atoms with E-state index in [1.807, 2.05) is 19.9 Å². The third-order valence-corrected chi connectivity index (χ3v) is 7.44. The summed E-state index contributed by atoms with van der Waals surface area (Å²) in [5.41, 5.74) is 5.30. The van der Waals surface area contributed by atoms with Gasteiger partial charge in [-0.15, -0.1) is 28.0 Å². The van der Waals surface area contributed by atoms with E-state index in [9.17, 15) is 4.79 Å². The monoisotopic (exact) mass is 504 g/mol. The molecule has 4 rings (SSSR count). The Hall–Kier alpha value is -2.39. The van der Waals surface area contributed by atoms with Gasteiger partial charge in [0.15, 0.2) is 5.82 Å². The smallest absolute Gasteiger partial charge is 0.261 e. The Morgan fingerprint density at radius 3 is 2.88 bits per heavy atom. The van der Waals surface area contributed by atoms with Crippen molar-refractivity contribution in [2.24, 2.45) is 0 Å². The number of carbonyl (C=O) groups is 1. The summed E-state index contributed by atoms with van der Waals surface area (Å²) in [5, 5.41) is 11.2. The van der Waals surface area contributed by atoms with Crippen molar-refractivity contribution in [1.82, 2.24) is 25.5 Å². The number of amides is 1. The van der Waals surface area contributed by atoms with Crippen LogP contribution in [0.15, 0.2) is 48.9 Å². The zero-order chi connectivity index (χ0) is 23.4. The summed E-state index contributed by atoms with van der Waals surface area (Å²) in [4.78, 5) is 20.2. The third kappa shape index (κ3) is 5.41. The SMILES string of the molecule is C/C=C/Nn1ncnc1-c1sc(C(=O)N[C@H]2CNCC[C@@H]2c2ccc(C(C)Cl)cc2)cc1Cl. The van der Waals surface area contributed by atoms with Crippen LogP contribution >= 0.6 is 34.5 Å². The quantitative estimate of drug-likeness (QED) is 0.398. The minimum absolute atomic E-state index is 0.0284. The fourth-order valence-electron chi connectivity index (χ4n) is 3.93. The molecule has 0 spiro atoms. The molecule has 3 aromatic rings. The number of hydrogen-bond donors (Lipinski definition) is 3. The van der Waals surface area contributed by atoms with E-state index in [0.29, 0.717) is 27.1 Å². The first-order chi connectivity index (χ1) is 16.0. The Bertz CT molecular complexity index is 1120. The highest BCUT2D eigenvalue weighted by molar-refractivity contribution is 7.18. The van der Waals surface area contributed by atoms with Gasteiger partial charge in [-0.25, -0.2) is 4.98 Å². The average molecular weight is 505 g/mol. The van der Waals surface area contributed by atoms with Crippen molar-refractivity contribution in [3.8, 4) is 10.7 Å². The number of piperidine rings is 1. The molecule has 10 heteroatoms. The maximum Gasteiger partial charge on any atom is 0.261 e. The summed E-state index contributed by atoms with van der Waals surface area (Å²) in [6.07, 6.45) is 5.97. The Kier molecular flexibility index (Phi) is 7.70. The normalized spacial score (nSPS) is 19.5. The topological polar surface area (TPSA) is 83.9 Å². The van der Waals surface area contributed by atoms with Crippen LogP contribution in [-0.4, -0.2) is 39.9 Å². The van der Waals surface area contributed by atoms with Crippen LogP contribution in [0.3, 0.4) is 0 Å². The minimum atomic E-state index is -0.148. The van der Waals surface area contributed by atoms with Crippen molar-refractivity contribution >= 4 is 40.4 Å². The Balaban J connectivity index is 1.51. The van der Waals surface area contributed by atoms with Crippen molar-refractivity contribution < 1.29 is 4.79 Å². The average Bonchev–Trinajstić information content (AvgIpc) is 3.44. The lowest BCUT2D eigenvalue weighted by molar-refractivity contribution is 0.0928. The van der Waals surface area contributed by atoms with Crippen LogP contribution in [0.2, 0.25) is 5.02 Å². The molecule has 0 saturated carbocycles. The number of nitrogens with zero attached hydrogens (tertiary/aromatic N) is 3. The summed E-state index contributed by atoms with van der Waals surface area (Å²) in [5.74, 6) is 0.621. The molecule has 1 fully saturated rings. The molecule has 3 atom stereocenters. The van der Waals surface area contributed by atoms with Gasteiger partial charge in [-0.05, 0) is 44.0 Å². The van der Waals surface area contributed by atoms with E-state index < -0.39 is 0 Å². The van der Waals surface area contributed by atoms with Gasteiger partial charge in [0.2, 0.25) is 0 Å². The van der Waals surface area contributed by atoms with Gasteiger partial charge in [0.1, 0.15) is 6.33 Å². The second-order valence-corrected chi connectivity index (χ2v) is 9.99. The van der Waals surface area contributed by atoms with Crippen LogP contribution in [-0.2, 0) is 0 Å². The number of nitrogens with one attached hydrogen (secondary N) is 3. The number of hydrogen-bond acceptors (Lipinski definition) is 6. The van der Waals surface area contributed by atoms with Crippen molar-refractivity contribution in [2.45, 2.75) is 37.6 Å². The first-order valence-corrected chi connectivity index (χ1v) is 12.4. The van der Waals surface area contributed by atoms with Crippen molar-refractivity contribution in [1.29, 1.82) is 0 Å². The van der Waals surface area contributed by atoms with Crippen LogP contribution in [0.5, 0.6) is 0 Å². The predicted octanol–water partition coefficient (Wildman–Crippen LogP) is 4.91. The summed E-state index contributed by atoms with van der Waals surface area (Å²) in [7, 11) is 0. The Morgan fingerprint density at radius 2 is 2.15 bits per heavy atom. The van der Waals surface area contributed by atoms with Crippen LogP contribution in [0, 0.1) is 0 Å². The summed E-state index contributed by atoms with van der Waals surface area (Å²) in [6, 6.07) is 10.0. The number of rotatable bonds is 7. The number of thiophene rings is 1. The Labute approximate surface area is 207 Å². The van der Waals surface area contributed by atoms with Crippen molar-refractivity contribution in [2.75, 3.05) is 18.5 Å². The molecular weight excluding hydrogens is 479 g/mol. The van der Waals surface area contributed by atoms with E-state index in [2.05, 4.69) is 50.4 Å². The van der Waals surface area contributed by atoms with Gasteiger partial charge in [0.05, 0.1) is 20.2 Å². The summed E-state index contributed by atoms with van der Waals surface area (Å²) in [6.45, 7) is 5.47. The molecule has 3 heterocycles. The standard InChI is InChI=1S/C23H26Cl2N6OS/c1-3-9-28-31-22(27-13-29-31)21-18(25)11-20(33-21)23(32)30-19-12-26-10-8-17(19)16-6-4-15(5-7-16)14(2)24/h3-7,9,11,13-14,17,19,26,28H,8,10,12H2,1-2H3,(H,30,32)/b9-3+/t14?,17-,19+/m1/s1. The number of alkyl halides is 1. The zero-order valence-electron chi connectivity index (χ0n) is 18.4. The summed E-state index contributed by atoms with van der Waals surface area (Å²) < 4.78 is 0. The Morgan fingerprint density at radius 1 is 1.36 bits per heavy atom. The largest absolute Gasteiger partial charge is 0.347 e. The molecule has 3 N–H and O–H groups in total. The lowest BCUT2D eigenvalue weighted by Crippen LogP contribution is -2.49. The van der Waals surface area contributed by atoms with Crippen LogP contribution < -0.4 is 16.1 Å². The molecule has 1 amide bonds. The van der Waals surface area contributed by atoms with Gasteiger partial charge in [-0.2, -0.15) is 4.79 Å². The number of allylic oxidation sites excluding steroid dienone is 1. The van der Waals surface area contributed by atoms with Gasteiger partial charge in [0, 0.05) is 24.7 Å². The highest BCUT2D eigenvalue weighted by Gasteiger charge is 2.29. The van der Waals surface area contributed by atoms with E-state index in [4.69, 9.17) is 23.2 Å². The zero-order valence-corrected chi connectivity index (χ0v) is 20.7. The molecule has 1 aliphatic heterocycles. The second kappa shape index (κ2) is 10.7. The van der Waals surface area contributed by atoms with Gasteiger partial charge >= 0.3 is 0 Å². The van der Waals surface area contributed by atoms with E-state index in [1.165, 1.54) is 28.0 Å². The first kappa shape index (κ1) is 23.8. The van der Waals surface area contributed by atoms with E-state index >= 15 is 0 Å². The summed E-state index contributed by atoms with van der Waals surface area (Å²) >= 11 is 14.0. The van der Waals surface area contributed by atoms with Crippen molar-refractivity contribution in [3.63, 3.8) is 0 Å². The molecule has 1 aromatic carbocycles. The lowest BCUT2D eigenvalue weighted by Gasteiger charge is -2.33. The maximum absolute atomic E-state index is 13.2. The van der Waals surface area contributed by atoms with E-state index in [-0.39, 0.29) is 23.2 Å². The highest BCUT2D eigenvalue weighted by atomic mass is 35.5.